The van der Waals surface area contributed by atoms with Crippen LogP contribution in [0.1, 0.15) is 24.5 Å². The van der Waals surface area contributed by atoms with Gasteiger partial charge in [0.25, 0.3) is 0 Å². The zero-order valence-corrected chi connectivity index (χ0v) is 16.7. The number of carbonyl (C=O) groups is 1. The van der Waals surface area contributed by atoms with Crippen LogP contribution in [-0.4, -0.2) is 45.7 Å². The van der Waals surface area contributed by atoms with Crippen molar-refractivity contribution in [1.82, 2.24) is 14.7 Å². The number of nitrogens with zero attached hydrogens (tertiary/aromatic N) is 5. The Kier molecular flexibility index (Phi) is 4.58. The molecule has 3 heterocycles. The van der Waals surface area contributed by atoms with Crippen LogP contribution in [0.2, 0.25) is 0 Å². The number of carbonyl (C=O) groups excluding carboxylic acids is 1. The Morgan fingerprint density at radius 1 is 1.10 bits per heavy atom. The first-order valence-electron chi connectivity index (χ1n) is 10.2. The van der Waals surface area contributed by atoms with Gasteiger partial charge in [-0.25, -0.2) is 13.9 Å². The van der Waals surface area contributed by atoms with Crippen molar-refractivity contribution < 1.29 is 9.18 Å². The molecule has 0 spiro atoms. The summed E-state index contributed by atoms with van der Waals surface area (Å²) in [6, 6.07) is 16.2. The van der Waals surface area contributed by atoms with Crippen molar-refractivity contribution in [2.45, 2.75) is 25.8 Å². The van der Waals surface area contributed by atoms with Crippen LogP contribution in [0.5, 0.6) is 0 Å². The summed E-state index contributed by atoms with van der Waals surface area (Å²) in [5.74, 6) is 1.08. The van der Waals surface area contributed by atoms with Gasteiger partial charge < -0.3 is 0 Å². The maximum absolute atomic E-state index is 13.2. The van der Waals surface area contributed by atoms with Crippen molar-refractivity contribution >= 4 is 17.7 Å². The number of fused-ring (bicyclic) bond motifs is 3. The maximum Gasteiger partial charge on any atom is 0.331 e. The van der Waals surface area contributed by atoms with Crippen LogP contribution in [0.25, 0.3) is 5.69 Å². The van der Waals surface area contributed by atoms with E-state index in [1.165, 1.54) is 12.1 Å². The minimum Gasteiger partial charge on any atom is -0.276 e. The highest BCUT2D eigenvalue weighted by Crippen LogP contribution is 2.32. The minimum atomic E-state index is -0.253. The maximum atomic E-state index is 13.2. The number of aliphatic imine (C=N–C) groups is 1. The largest absolute Gasteiger partial charge is 0.331 e. The monoisotopic (exact) mass is 403 g/mol. The molecule has 2 aromatic carbocycles. The molecule has 0 saturated heterocycles. The second-order valence-corrected chi connectivity index (χ2v) is 7.63. The van der Waals surface area contributed by atoms with Gasteiger partial charge >= 0.3 is 6.03 Å². The number of amidine groups is 1. The van der Waals surface area contributed by atoms with Gasteiger partial charge in [-0.1, -0.05) is 37.3 Å². The highest BCUT2D eigenvalue weighted by atomic mass is 19.1. The zero-order valence-electron chi connectivity index (χ0n) is 16.7. The molecule has 152 valence electrons. The standard InChI is InChI=1S/C23H22FN5O/c1-2-12-27-22-20(15-29(26-22)19-6-4-3-5-7-19)21-25-18(14-28(21)23(27)30)13-16-8-10-17(24)11-9-16/h3-11,15,18H,2,12-14H2,1H3. The molecule has 1 aromatic heterocycles. The minimum absolute atomic E-state index is 0.0658. The van der Waals surface area contributed by atoms with E-state index in [9.17, 15) is 9.18 Å². The predicted molar refractivity (Wildman–Crippen MR) is 114 cm³/mol. The number of hydrogen-bond donors (Lipinski definition) is 0. The smallest absolute Gasteiger partial charge is 0.276 e. The van der Waals surface area contributed by atoms with Gasteiger partial charge in [0.05, 0.1) is 23.8 Å². The molecule has 0 N–H and O–H groups in total. The molecule has 5 rings (SSSR count). The highest BCUT2D eigenvalue weighted by molar-refractivity contribution is 6.19. The SMILES string of the molecule is CCCN1C(=O)N2CC(Cc3ccc(F)cc3)N=C2c2cn(-c3ccccc3)nc21. The fourth-order valence-electron chi connectivity index (χ4n) is 4.06. The summed E-state index contributed by atoms with van der Waals surface area (Å²) < 4.78 is 15.0. The number of benzene rings is 2. The lowest BCUT2D eigenvalue weighted by atomic mass is 10.1. The van der Waals surface area contributed by atoms with E-state index in [0.29, 0.717) is 31.2 Å². The van der Waals surface area contributed by atoms with Crippen LogP contribution in [0.3, 0.4) is 0 Å². The van der Waals surface area contributed by atoms with Gasteiger partial charge in [-0.05, 0) is 42.7 Å². The lowest BCUT2D eigenvalue weighted by Gasteiger charge is -2.32. The van der Waals surface area contributed by atoms with E-state index in [4.69, 9.17) is 10.1 Å². The van der Waals surface area contributed by atoms with Crippen molar-refractivity contribution in [3.63, 3.8) is 0 Å². The second kappa shape index (κ2) is 7.40. The Bertz CT molecular complexity index is 1110. The molecule has 0 aliphatic carbocycles. The third-order valence-electron chi connectivity index (χ3n) is 5.46. The van der Waals surface area contributed by atoms with Gasteiger partial charge in [-0.3, -0.25) is 14.8 Å². The van der Waals surface area contributed by atoms with Crippen LogP contribution in [0.15, 0.2) is 65.8 Å². The van der Waals surface area contributed by atoms with Crippen LogP contribution in [-0.2, 0) is 6.42 Å². The number of para-hydroxylation sites is 1. The number of amides is 2. The van der Waals surface area contributed by atoms with E-state index in [-0.39, 0.29) is 17.9 Å². The predicted octanol–water partition coefficient (Wildman–Crippen LogP) is 4.03. The Morgan fingerprint density at radius 2 is 1.87 bits per heavy atom. The molecule has 30 heavy (non-hydrogen) atoms. The van der Waals surface area contributed by atoms with Crippen molar-refractivity contribution in [3.8, 4) is 5.69 Å². The normalized spacial score (nSPS) is 17.7. The van der Waals surface area contributed by atoms with Crippen molar-refractivity contribution in [3.05, 3.63) is 77.7 Å². The summed E-state index contributed by atoms with van der Waals surface area (Å²) in [5.41, 5.74) is 2.81. The van der Waals surface area contributed by atoms with E-state index in [1.54, 1.807) is 26.6 Å². The summed E-state index contributed by atoms with van der Waals surface area (Å²) in [7, 11) is 0. The molecule has 7 heteroatoms. The molecule has 0 fully saturated rings. The molecule has 6 nitrogen and oxygen atoms in total. The van der Waals surface area contributed by atoms with E-state index in [2.05, 4.69) is 0 Å². The van der Waals surface area contributed by atoms with Crippen molar-refractivity contribution in [2.24, 2.45) is 4.99 Å². The number of hydrogen-bond acceptors (Lipinski definition) is 3. The van der Waals surface area contributed by atoms with Gasteiger partial charge in [-0.15, -0.1) is 5.10 Å². The Hall–Kier alpha value is -3.48. The number of aromatic nitrogens is 2. The molecule has 3 aromatic rings. The molecule has 2 amide bonds. The van der Waals surface area contributed by atoms with Crippen LogP contribution < -0.4 is 4.90 Å². The van der Waals surface area contributed by atoms with E-state index < -0.39 is 0 Å². The lowest BCUT2D eigenvalue weighted by Crippen LogP contribution is -2.50. The molecule has 1 atom stereocenters. The number of halogens is 1. The Morgan fingerprint density at radius 3 is 2.60 bits per heavy atom. The fourth-order valence-corrected chi connectivity index (χ4v) is 4.06. The molecular weight excluding hydrogens is 381 g/mol. The number of urea groups is 1. The Labute approximate surface area is 174 Å². The molecular formula is C23H22FN5O. The van der Waals surface area contributed by atoms with Crippen LogP contribution in [0.4, 0.5) is 15.0 Å². The van der Waals surface area contributed by atoms with Crippen LogP contribution >= 0.6 is 0 Å². The first-order valence-corrected chi connectivity index (χ1v) is 10.2. The van der Waals surface area contributed by atoms with Gasteiger partial charge in [0.15, 0.2) is 5.82 Å². The first-order chi connectivity index (χ1) is 14.6. The molecule has 1 unspecified atom stereocenters. The average Bonchev–Trinajstić information content (AvgIpc) is 3.38. The summed E-state index contributed by atoms with van der Waals surface area (Å²) in [6.07, 6.45) is 3.44. The summed E-state index contributed by atoms with van der Waals surface area (Å²) in [6.45, 7) is 3.16. The average molecular weight is 403 g/mol. The van der Waals surface area contributed by atoms with Gasteiger partial charge in [0.2, 0.25) is 0 Å². The molecule has 0 bridgehead atoms. The van der Waals surface area contributed by atoms with Gasteiger partial charge in [0.1, 0.15) is 11.7 Å². The third-order valence-corrected chi connectivity index (χ3v) is 5.46. The number of rotatable bonds is 5. The van der Waals surface area contributed by atoms with E-state index in [0.717, 1.165) is 23.2 Å². The van der Waals surface area contributed by atoms with Crippen molar-refractivity contribution in [1.29, 1.82) is 0 Å². The summed E-state index contributed by atoms with van der Waals surface area (Å²) >= 11 is 0. The van der Waals surface area contributed by atoms with E-state index in [1.807, 2.05) is 43.5 Å². The molecule has 2 aliphatic heterocycles. The number of anilines is 1. The van der Waals surface area contributed by atoms with Crippen molar-refractivity contribution in [2.75, 3.05) is 18.0 Å². The summed E-state index contributed by atoms with van der Waals surface area (Å²) in [4.78, 5) is 21.6. The molecule has 2 aliphatic rings. The fraction of sp³-hybridized carbons (Fsp3) is 0.261. The summed E-state index contributed by atoms with van der Waals surface area (Å²) in [5, 5.41) is 4.72. The quantitative estimate of drug-likeness (QED) is 0.646. The first kappa shape index (κ1) is 18.5. The lowest BCUT2D eigenvalue weighted by molar-refractivity contribution is 0.227. The van der Waals surface area contributed by atoms with Crippen LogP contribution in [0, 0.1) is 5.82 Å². The second-order valence-electron chi connectivity index (χ2n) is 7.63. The van der Waals surface area contributed by atoms with E-state index >= 15 is 0 Å². The highest BCUT2D eigenvalue weighted by Gasteiger charge is 2.41. The van der Waals surface area contributed by atoms with Gasteiger partial charge in [0, 0.05) is 12.7 Å². The topological polar surface area (TPSA) is 53.7 Å². The Balaban J connectivity index is 1.52. The molecule has 0 saturated carbocycles. The zero-order chi connectivity index (χ0) is 20.7. The third kappa shape index (κ3) is 3.16. The van der Waals surface area contributed by atoms with Gasteiger partial charge in [-0.2, -0.15) is 0 Å². The molecule has 0 radical (unpaired) electrons.